The quantitative estimate of drug-likeness (QED) is 0.282. The van der Waals surface area contributed by atoms with Crippen molar-refractivity contribution in [3.05, 3.63) is 101 Å². The van der Waals surface area contributed by atoms with Crippen molar-refractivity contribution in [1.29, 1.82) is 0 Å². The van der Waals surface area contributed by atoms with E-state index < -0.39 is 0 Å². The Labute approximate surface area is 212 Å². The molecule has 3 aromatic carbocycles. The number of nitrogens with zero attached hydrogens (tertiary/aromatic N) is 1. The highest BCUT2D eigenvalue weighted by Crippen LogP contribution is 2.37. The van der Waals surface area contributed by atoms with Crippen LogP contribution >= 0.6 is 0 Å². The number of phenols is 1. The number of aliphatic hydroxyl groups excluding tert-OH is 1. The highest BCUT2D eigenvalue weighted by Gasteiger charge is 2.16. The maximum atomic E-state index is 9.93. The fourth-order valence-electron chi connectivity index (χ4n) is 5.03. The van der Waals surface area contributed by atoms with E-state index in [1.165, 1.54) is 5.57 Å². The molecule has 0 atom stereocenters. The fourth-order valence-corrected chi connectivity index (χ4v) is 5.03. The molecule has 2 heterocycles. The number of nitrogens with one attached hydrogen (secondary N) is 1. The summed E-state index contributed by atoms with van der Waals surface area (Å²) in [5.74, 6) is 1.26. The number of furan rings is 1. The molecule has 0 saturated carbocycles. The van der Waals surface area contributed by atoms with Crippen LogP contribution < -0.4 is 5.32 Å². The molecule has 186 valence electrons. The van der Waals surface area contributed by atoms with Gasteiger partial charge in [0.25, 0.3) is 0 Å². The second kappa shape index (κ2) is 11.6. The van der Waals surface area contributed by atoms with Crippen molar-refractivity contribution in [2.45, 2.75) is 19.3 Å². The van der Waals surface area contributed by atoms with Crippen LogP contribution in [-0.4, -0.2) is 54.4 Å². The molecule has 3 N–H and O–H groups in total. The van der Waals surface area contributed by atoms with Crippen LogP contribution in [0.3, 0.4) is 0 Å². The van der Waals surface area contributed by atoms with Crippen molar-refractivity contribution in [2.24, 2.45) is 0 Å². The zero-order chi connectivity index (χ0) is 24.7. The Balaban J connectivity index is 1.55. The van der Waals surface area contributed by atoms with Crippen LogP contribution in [0.2, 0.25) is 0 Å². The van der Waals surface area contributed by atoms with Gasteiger partial charge in [0.2, 0.25) is 0 Å². The van der Waals surface area contributed by atoms with E-state index in [2.05, 4.69) is 46.6 Å². The lowest BCUT2D eigenvalue weighted by Crippen LogP contribution is -2.44. The van der Waals surface area contributed by atoms with Gasteiger partial charge in [-0.25, -0.2) is 0 Å². The minimum atomic E-state index is 0.135. The van der Waals surface area contributed by atoms with E-state index in [-0.39, 0.29) is 12.4 Å². The van der Waals surface area contributed by atoms with Crippen LogP contribution in [0.4, 0.5) is 0 Å². The molecular weight excluding hydrogens is 448 g/mol. The number of phenolic OH excluding ortho intramolecular Hbond substituents is 1. The molecule has 5 heteroatoms. The van der Waals surface area contributed by atoms with Gasteiger partial charge >= 0.3 is 0 Å². The SMILES string of the molecule is OCCC/C(=C(\c1ccc(O)cc1)c1ccc2oc(CCN3CCNCC3)cc2c1)c1ccccc1. The molecule has 5 nitrogen and oxygen atoms in total. The smallest absolute Gasteiger partial charge is 0.134 e. The molecule has 0 radical (unpaired) electrons. The lowest BCUT2D eigenvalue weighted by atomic mass is 9.87. The van der Waals surface area contributed by atoms with Gasteiger partial charge in [0, 0.05) is 51.1 Å². The number of piperazine rings is 1. The molecule has 1 fully saturated rings. The van der Waals surface area contributed by atoms with Crippen molar-refractivity contribution >= 4 is 22.1 Å². The van der Waals surface area contributed by atoms with Gasteiger partial charge in [-0.15, -0.1) is 0 Å². The van der Waals surface area contributed by atoms with E-state index in [1.807, 2.05) is 30.3 Å². The first-order valence-corrected chi connectivity index (χ1v) is 12.9. The minimum absolute atomic E-state index is 0.135. The van der Waals surface area contributed by atoms with Crippen LogP contribution in [0, 0.1) is 0 Å². The number of hydrogen-bond donors (Lipinski definition) is 3. The number of fused-ring (bicyclic) bond motifs is 1. The van der Waals surface area contributed by atoms with Gasteiger partial charge in [-0.1, -0.05) is 48.5 Å². The van der Waals surface area contributed by atoms with Gasteiger partial charge in [-0.05, 0) is 71.0 Å². The van der Waals surface area contributed by atoms with Gasteiger partial charge < -0.3 is 24.8 Å². The zero-order valence-corrected chi connectivity index (χ0v) is 20.6. The number of benzene rings is 3. The van der Waals surface area contributed by atoms with Crippen LogP contribution in [0.5, 0.6) is 5.75 Å². The number of aliphatic hydroxyl groups is 1. The molecule has 1 aromatic heterocycles. The van der Waals surface area contributed by atoms with E-state index in [0.29, 0.717) is 6.42 Å². The highest BCUT2D eigenvalue weighted by molar-refractivity contribution is 6.00. The average Bonchev–Trinajstić information content (AvgIpc) is 3.34. The predicted octanol–water partition coefficient (Wildman–Crippen LogP) is 5.32. The zero-order valence-electron chi connectivity index (χ0n) is 20.6. The molecule has 1 saturated heterocycles. The van der Waals surface area contributed by atoms with Crippen LogP contribution in [-0.2, 0) is 6.42 Å². The first kappa shape index (κ1) is 24.3. The van der Waals surface area contributed by atoms with E-state index in [4.69, 9.17) is 4.42 Å². The summed E-state index contributed by atoms with van der Waals surface area (Å²) in [4.78, 5) is 2.48. The molecule has 1 aliphatic rings. The molecule has 0 bridgehead atoms. The standard InChI is InChI=1S/C31H34N2O3/c34-20-4-7-29(23-5-2-1-3-6-23)31(24-8-11-27(35)12-9-24)25-10-13-30-26(21-25)22-28(36-30)14-17-33-18-15-32-16-19-33/h1-3,5-6,8-13,21-22,32,34-35H,4,7,14-20H2/b31-29-. The summed E-state index contributed by atoms with van der Waals surface area (Å²) in [6.45, 7) is 5.41. The molecule has 4 aromatic rings. The molecule has 0 amide bonds. The predicted molar refractivity (Wildman–Crippen MR) is 146 cm³/mol. The van der Waals surface area contributed by atoms with Gasteiger partial charge in [0.05, 0.1) is 0 Å². The van der Waals surface area contributed by atoms with Crippen molar-refractivity contribution in [3.63, 3.8) is 0 Å². The van der Waals surface area contributed by atoms with E-state index >= 15 is 0 Å². The fraction of sp³-hybridized carbons (Fsp3) is 0.290. The summed E-state index contributed by atoms with van der Waals surface area (Å²) in [7, 11) is 0. The summed E-state index contributed by atoms with van der Waals surface area (Å²) >= 11 is 0. The maximum Gasteiger partial charge on any atom is 0.134 e. The average molecular weight is 483 g/mol. The lowest BCUT2D eigenvalue weighted by molar-refractivity contribution is 0.239. The number of rotatable bonds is 9. The third-order valence-corrected chi connectivity index (χ3v) is 6.90. The molecule has 0 spiro atoms. The Morgan fingerprint density at radius 2 is 1.61 bits per heavy atom. The number of hydrogen-bond acceptors (Lipinski definition) is 5. The summed E-state index contributed by atoms with van der Waals surface area (Å²) in [5, 5.41) is 24.1. The first-order valence-electron chi connectivity index (χ1n) is 12.9. The third kappa shape index (κ3) is 5.71. The Morgan fingerprint density at radius 3 is 2.36 bits per heavy atom. The molecule has 36 heavy (non-hydrogen) atoms. The summed E-state index contributed by atoms with van der Waals surface area (Å²) in [6, 6.07) is 26.3. The second-order valence-corrected chi connectivity index (χ2v) is 9.40. The Morgan fingerprint density at radius 1 is 0.861 bits per heavy atom. The van der Waals surface area contributed by atoms with E-state index in [1.54, 1.807) is 12.1 Å². The van der Waals surface area contributed by atoms with Crippen LogP contribution in [0.25, 0.3) is 22.1 Å². The van der Waals surface area contributed by atoms with E-state index in [0.717, 1.165) is 84.6 Å². The van der Waals surface area contributed by atoms with Crippen molar-refractivity contribution in [1.82, 2.24) is 10.2 Å². The largest absolute Gasteiger partial charge is 0.508 e. The van der Waals surface area contributed by atoms with Gasteiger partial charge in [0.1, 0.15) is 17.1 Å². The van der Waals surface area contributed by atoms with Crippen LogP contribution in [0.15, 0.2) is 83.3 Å². The monoisotopic (exact) mass is 482 g/mol. The second-order valence-electron chi connectivity index (χ2n) is 9.40. The normalized spacial score (nSPS) is 15.2. The maximum absolute atomic E-state index is 9.93. The number of allylic oxidation sites excluding steroid dienone is 1. The highest BCUT2D eigenvalue weighted by atomic mass is 16.3. The summed E-state index contributed by atoms with van der Waals surface area (Å²) in [5.41, 5.74) is 6.46. The summed E-state index contributed by atoms with van der Waals surface area (Å²) in [6.07, 6.45) is 2.32. The molecular formula is C31H34N2O3. The third-order valence-electron chi connectivity index (χ3n) is 6.90. The lowest BCUT2D eigenvalue weighted by Gasteiger charge is -2.26. The Hall–Kier alpha value is -3.38. The summed E-state index contributed by atoms with van der Waals surface area (Å²) < 4.78 is 6.20. The van der Waals surface area contributed by atoms with Crippen molar-refractivity contribution < 1.29 is 14.6 Å². The molecule has 0 aliphatic carbocycles. The Bertz CT molecular complexity index is 1300. The van der Waals surface area contributed by atoms with Crippen molar-refractivity contribution in [2.75, 3.05) is 39.3 Å². The van der Waals surface area contributed by atoms with Crippen LogP contribution in [0.1, 0.15) is 35.3 Å². The van der Waals surface area contributed by atoms with Gasteiger partial charge in [-0.3, -0.25) is 0 Å². The number of aromatic hydroxyl groups is 1. The molecule has 0 unspecified atom stereocenters. The minimum Gasteiger partial charge on any atom is -0.508 e. The Kier molecular flexibility index (Phi) is 7.82. The van der Waals surface area contributed by atoms with Crippen molar-refractivity contribution in [3.8, 4) is 5.75 Å². The van der Waals surface area contributed by atoms with Gasteiger partial charge in [0.15, 0.2) is 0 Å². The molecule has 5 rings (SSSR count). The van der Waals surface area contributed by atoms with E-state index in [9.17, 15) is 10.2 Å². The first-order chi connectivity index (χ1) is 17.7. The topological polar surface area (TPSA) is 68.9 Å². The molecule has 1 aliphatic heterocycles. The van der Waals surface area contributed by atoms with Gasteiger partial charge in [-0.2, -0.15) is 0 Å².